The van der Waals surface area contributed by atoms with E-state index in [0.29, 0.717) is 0 Å². The van der Waals surface area contributed by atoms with E-state index < -0.39 is 0 Å². The summed E-state index contributed by atoms with van der Waals surface area (Å²) in [4.78, 5) is 9.95. The van der Waals surface area contributed by atoms with Gasteiger partial charge < -0.3 is 0 Å². The van der Waals surface area contributed by atoms with Gasteiger partial charge >= 0.3 is 0 Å². The minimum Gasteiger partial charge on any atom is -0.245 e. The quantitative estimate of drug-likeness (QED) is 0.406. The van der Waals surface area contributed by atoms with Crippen LogP contribution in [0.2, 0.25) is 0 Å². The average Bonchev–Trinajstić information content (AvgIpc) is 3.18. The lowest BCUT2D eigenvalue weighted by molar-refractivity contribution is 1.53. The van der Waals surface area contributed by atoms with Crippen LogP contribution in [0.1, 0.15) is 11.1 Å². The van der Waals surface area contributed by atoms with E-state index in [-0.39, 0.29) is 0 Å². The maximum Gasteiger partial charge on any atom is 0.0995 e. The summed E-state index contributed by atoms with van der Waals surface area (Å²) in [6.45, 7) is 0. The number of hydrogen-bond acceptors (Lipinski definition) is 2. The standard InChI is InChI=1S/C22H12N2/c1-3-7-15-13(5-1)9-11-17-19(15)23-22-18-12-10-14-6-2-4-8-16(14)20(18)24-21(17)22/h1-12H. The van der Waals surface area contributed by atoms with Crippen molar-refractivity contribution in [2.75, 3.05) is 0 Å². The largest absolute Gasteiger partial charge is 0.245 e. The van der Waals surface area contributed by atoms with Crippen molar-refractivity contribution >= 4 is 44.3 Å². The molecule has 110 valence electrons. The number of fused-ring (bicyclic) bond motifs is 9. The molecule has 0 radical (unpaired) electrons. The van der Waals surface area contributed by atoms with Gasteiger partial charge in [0, 0.05) is 21.9 Å². The molecule has 4 aromatic carbocycles. The van der Waals surface area contributed by atoms with Gasteiger partial charge in [-0.05, 0) is 22.9 Å². The van der Waals surface area contributed by atoms with Crippen LogP contribution in [0.5, 0.6) is 0 Å². The van der Waals surface area contributed by atoms with Gasteiger partial charge in [-0.25, -0.2) is 9.98 Å². The second-order valence-corrected chi connectivity index (χ2v) is 6.29. The van der Waals surface area contributed by atoms with Gasteiger partial charge in [0.1, 0.15) is 0 Å². The molecule has 0 fully saturated rings. The third kappa shape index (κ3) is 1.41. The molecule has 2 heteroatoms. The molecule has 0 bridgehead atoms. The summed E-state index contributed by atoms with van der Waals surface area (Å²) in [6.07, 6.45) is 0. The zero-order chi connectivity index (χ0) is 15.7. The van der Waals surface area contributed by atoms with Crippen LogP contribution in [-0.4, -0.2) is 11.4 Å². The van der Waals surface area contributed by atoms with Crippen molar-refractivity contribution in [2.24, 2.45) is 9.98 Å². The predicted octanol–water partition coefficient (Wildman–Crippen LogP) is 5.56. The van der Waals surface area contributed by atoms with Crippen molar-refractivity contribution in [3.63, 3.8) is 0 Å². The Morgan fingerprint density at radius 2 is 0.917 bits per heavy atom. The maximum absolute atomic E-state index is 4.98. The van der Waals surface area contributed by atoms with E-state index in [1.165, 1.54) is 21.5 Å². The van der Waals surface area contributed by atoms with E-state index in [1.54, 1.807) is 0 Å². The van der Waals surface area contributed by atoms with E-state index >= 15 is 0 Å². The molecule has 0 N–H and O–H groups in total. The number of benzene rings is 4. The molecule has 24 heavy (non-hydrogen) atoms. The maximum atomic E-state index is 4.98. The molecule has 6 rings (SSSR count). The van der Waals surface area contributed by atoms with Crippen LogP contribution in [0.3, 0.4) is 0 Å². The summed E-state index contributed by atoms with van der Waals surface area (Å²) in [5.41, 5.74) is 6.43. The Morgan fingerprint density at radius 1 is 0.458 bits per heavy atom. The molecule has 2 aliphatic rings. The van der Waals surface area contributed by atoms with Crippen LogP contribution in [0.15, 0.2) is 82.8 Å². The summed E-state index contributed by atoms with van der Waals surface area (Å²) in [5, 5.41) is 4.84. The molecule has 4 aromatic rings. The van der Waals surface area contributed by atoms with Gasteiger partial charge in [-0.2, -0.15) is 0 Å². The Balaban J connectivity index is 1.68. The van der Waals surface area contributed by atoms with Crippen LogP contribution < -0.4 is 0 Å². The molecule has 2 nitrogen and oxygen atoms in total. The Kier molecular flexibility index (Phi) is 2.12. The first-order valence-electron chi connectivity index (χ1n) is 8.12. The highest BCUT2D eigenvalue weighted by Crippen LogP contribution is 2.43. The van der Waals surface area contributed by atoms with Crippen LogP contribution in [0.25, 0.3) is 21.5 Å². The topological polar surface area (TPSA) is 24.7 Å². The lowest BCUT2D eigenvalue weighted by atomic mass is 9.99. The van der Waals surface area contributed by atoms with E-state index in [4.69, 9.17) is 9.98 Å². The molecular formula is C22H12N2. The highest BCUT2D eigenvalue weighted by Gasteiger charge is 2.32. The minimum atomic E-state index is 1.02. The predicted molar refractivity (Wildman–Crippen MR) is 100 cm³/mol. The third-order valence-corrected chi connectivity index (χ3v) is 4.98. The van der Waals surface area contributed by atoms with E-state index in [1.807, 2.05) is 0 Å². The van der Waals surface area contributed by atoms with E-state index in [2.05, 4.69) is 72.8 Å². The van der Waals surface area contributed by atoms with Gasteiger partial charge in [-0.3, -0.25) is 0 Å². The summed E-state index contributed by atoms with van der Waals surface area (Å²) in [7, 11) is 0. The minimum absolute atomic E-state index is 1.02. The highest BCUT2D eigenvalue weighted by molar-refractivity contribution is 6.61. The molecule has 0 aromatic heterocycles. The van der Waals surface area contributed by atoms with Crippen molar-refractivity contribution in [3.05, 3.63) is 83.9 Å². The Labute approximate surface area is 138 Å². The van der Waals surface area contributed by atoms with Crippen molar-refractivity contribution in [1.29, 1.82) is 0 Å². The lowest BCUT2D eigenvalue weighted by Crippen LogP contribution is -2.06. The fourth-order valence-corrected chi connectivity index (χ4v) is 3.84. The Bertz CT molecular complexity index is 1150. The second-order valence-electron chi connectivity index (χ2n) is 6.29. The molecule has 0 atom stereocenters. The molecule has 0 amide bonds. The van der Waals surface area contributed by atoms with Gasteiger partial charge in [0.25, 0.3) is 0 Å². The molecule has 0 saturated carbocycles. The van der Waals surface area contributed by atoms with E-state index in [9.17, 15) is 0 Å². The number of rotatable bonds is 0. The SMILES string of the molecule is c1ccc2c3c(ccc2c1)C1=Nc2c(ccc4ccccc24)C1=N3. The molecule has 2 aliphatic heterocycles. The highest BCUT2D eigenvalue weighted by atomic mass is 14.9. The van der Waals surface area contributed by atoms with Crippen LogP contribution in [-0.2, 0) is 0 Å². The number of nitrogens with zero attached hydrogens (tertiary/aromatic N) is 2. The van der Waals surface area contributed by atoms with Gasteiger partial charge in [-0.15, -0.1) is 0 Å². The Hall–Kier alpha value is -3.26. The van der Waals surface area contributed by atoms with Crippen molar-refractivity contribution < 1.29 is 0 Å². The summed E-state index contributed by atoms with van der Waals surface area (Å²) in [6, 6.07) is 25.4. The van der Waals surface area contributed by atoms with Crippen LogP contribution in [0, 0.1) is 0 Å². The molecule has 0 spiro atoms. The zero-order valence-electron chi connectivity index (χ0n) is 12.8. The number of aliphatic imine (C=N–C) groups is 2. The average molecular weight is 304 g/mol. The van der Waals surface area contributed by atoms with Gasteiger partial charge in [0.15, 0.2) is 0 Å². The number of hydrogen-bond donors (Lipinski definition) is 0. The fourth-order valence-electron chi connectivity index (χ4n) is 3.84. The van der Waals surface area contributed by atoms with E-state index in [0.717, 1.165) is 33.9 Å². The third-order valence-electron chi connectivity index (χ3n) is 4.98. The van der Waals surface area contributed by atoms with Crippen molar-refractivity contribution in [2.45, 2.75) is 0 Å². The van der Waals surface area contributed by atoms with Crippen molar-refractivity contribution in [1.82, 2.24) is 0 Å². The first kappa shape index (κ1) is 12.2. The molecule has 0 unspecified atom stereocenters. The van der Waals surface area contributed by atoms with Gasteiger partial charge in [0.05, 0.1) is 22.8 Å². The zero-order valence-corrected chi connectivity index (χ0v) is 12.8. The molecule has 0 saturated heterocycles. The molecular weight excluding hydrogens is 292 g/mol. The normalized spacial score (nSPS) is 14.3. The monoisotopic (exact) mass is 304 g/mol. The first-order chi connectivity index (χ1) is 11.9. The first-order valence-corrected chi connectivity index (χ1v) is 8.12. The van der Waals surface area contributed by atoms with Gasteiger partial charge in [-0.1, -0.05) is 60.7 Å². The summed E-state index contributed by atoms with van der Waals surface area (Å²) < 4.78 is 0. The van der Waals surface area contributed by atoms with Gasteiger partial charge in [0.2, 0.25) is 0 Å². The van der Waals surface area contributed by atoms with Crippen LogP contribution >= 0.6 is 0 Å². The molecule has 0 aliphatic carbocycles. The molecule has 2 heterocycles. The smallest absolute Gasteiger partial charge is 0.0995 e. The second kappa shape index (κ2) is 4.18. The Morgan fingerprint density at radius 3 is 1.42 bits per heavy atom. The summed E-state index contributed by atoms with van der Waals surface area (Å²) in [5.74, 6) is 0. The summed E-state index contributed by atoms with van der Waals surface area (Å²) >= 11 is 0. The van der Waals surface area contributed by atoms with Crippen molar-refractivity contribution in [3.8, 4) is 0 Å². The fraction of sp³-hybridized carbons (Fsp3) is 0. The van der Waals surface area contributed by atoms with Crippen LogP contribution in [0.4, 0.5) is 11.4 Å². The lowest BCUT2D eigenvalue weighted by Gasteiger charge is -2.04.